The lowest BCUT2D eigenvalue weighted by molar-refractivity contribution is 0.0776. The maximum Gasteiger partial charge on any atom is 0.272 e. The van der Waals surface area contributed by atoms with Crippen LogP contribution in [0.15, 0.2) is 48.0 Å². The Morgan fingerprint density at radius 3 is 2.60 bits per heavy atom. The van der Waals surface area contributed by atoms with Gasteiger partial charge in [0.25, 0.3) is 5.91 Å². The smallest absolute Gasteiger partial charge is 0.272 e. The van der Waals surface area contributed by atoms with E-state index in [2.05, 4.69) is 10.1 Å². The van der Waals surface area contributed by atoms with Gasteiger partial charge in [-0.2, -0.15) is 5.10 Å². The van der Waals surface area contributed by atoms with Crippen LogP contribution in [0, 0.1) is 5.82 Å². The molecule has 0 aliphatic heterocycles. The lowest BCUT2D eigenvalue weighted by Crippen LogP contribution is -2.28. The predicted molar refractivity (Wildman–Crippen MR) is 94.3 cm³/mol. The molecular formula is C17H18FN5OS. The summed E-state index contributed by atoms with van der Waals surface area (Å²) in [6.07, 6.45) is 7.04. The van der Waals surface area contributed by atoms with Gasteiger partial charge in [0.15, 0.2) is 5.16 Å². The second-order valence-electron chi connectivity index (χ2n) is 5.63. The molecule has 2 heterocycles. The molecule has 0 fully saturated rings. The first-order valence-electron chi connectivity index (χ1n) is 7.60. The first-order valence-corrected chi connectivity index (χ1v) is 8.82. The van der Waals surface area contributed by atoms with E-state index in [1.807, 2.05) is 19.5 Å². The topological polar surface area (TPSA) is 56.0 Å². The van der Waals surface area contributed by atoms with E-state index < -0.39 is 0 Å². The second-order valence-corrected chi connectivity index (χ2v) is 6.40. The van der Waals surface area contributed by atoms with Crippen molar-refractivity contribution >= 4 is 17.7 Å². The highest BCUT2D eigenvalue weighted by atomic mass is 32.2. The van der Waals surface area contributed by atoms with Gasteiger partial charge in [-0.25, -0.2) is 9.37 Å². The van der Waals surface area contributed by atoms with Crippen LogP contribution in [0.4, 0.5) is 4.39 Å². The van der Waals surface area contributed by atoms with Crippen molar-refractivity contribution in [2.75, 3.05) is 13.3 Å². The average Bonchev–Trinajstić information content (AvgIpc) is 3.20. The fraction of sp³-hybridized carbons (Fsp3) is 0.235. The first-order chi connectivity index (χ1) is 12.0. The Balaban J connectivity index is 1.92. The van der Waals surface area contributed by atoms with E-state index in [0.717, 1.165) is 5.56 Å². The summed E-state index contributed by atoms with van der Waals surface area (Å²) in [5.41, 5.74) is 2.07. The van der Waals surface area contributed by atoms with Crippen molar-refractivity contribution < 1.29 is 9.18 Å². The van der Waals surface area contributed by atoms with Crippen LogP contribution in [0.1, 0.15) is 16.1 Å². The largest absolute Gasteiger partial charge is 0.336 e. The van der Waals surface area contributed by atoms with Gasteiger partial charge in [0.05, 0.1) is 12.4 Å². The van der Waals surface area contributed by atoms with Crippen LogP contribution in [0.5, 0.6) is 0 Å². The van der Waals surface area contributed by atoms with Gasteiger partial charge in [-0.1, -0.05) is 11.8 Å². The van der Waals surface area contributed by atoms with E-state index in [4.69, 9.17) is 0 Å². The zero-order valence-electron chi connectivity index (χ0n) is 14.2. The molecule has 0 N–H and O–H groups in total. The number of nitrogens with zero attached hydrogens (tertiary/aromatic N) is 5. The summed E-state index contributed by atoms with van der Waals surface area (Å²) in [7, 11) is 3.57. The molecule has 8 heteroatoms. The molecule has 0 spiro atoms. The van der Waals surface area contributed by atoms with Crippen molar-refractivity contribution in [2.24, 2.45) is 7.05 Å². The van der Waals surface area contributed by atoms with Gasteiger partial charge >= 0.3 is 0 Å². The molecule has 3 aromatic rings. The maximum absolute atomic E-state index is 13.2. The number of rotatable bonds is 5. The minimum Gasteiger partial charge on any atom is -0.336 e. The minimum atomic E-state index is -0.323. The van der Waals surface area contributed by atoms with Gasteiger partial charge in [-0.15, -0.1) is 0 Å². The van der Waals surface area contributed by atoms with Crippen molar-refractivity contribution in [3.05, 3.63) is 59.9 Å². The molecule has 1 aromatic carbocycles. The quantitative estimate of drug-likeness (QED) is 0.658. The lowest BCUT2D eigenvalue weighted by atomic mass is 10.2. The summed E-state index contributed by atoms with van der Waals surface area (Å²) >= 11 is 1.43. The molecule has 3 rings (SSSR count). The Morgan fingerprint density at radius 2 is 2.00 bits per heavy atom. The third-order valence-electron chi connectivity index (χ3n) is 3.74. The molecule has 130 valence electrons. The molecule has 0 saturated heterocycles. The monoisotopic (exact) mass is 359 g/mol. The molecule has 25 heavy (non-hydrogen) atoms. The number of amides is 1. The summed E-state index contributed by atoms with van der Waals surface area (Å²) in [6, 6.07) is 6.00. The first kappa shape index (κ1) is 17.2. The van der Waals surface area contributed by atoms with Crippen molar-refractivity contribution in [2.45, 2.75) is 11.7 Å². The molecule has 2 aromatic heterocycles. The van der Waals surface area contributed by atoms with E-state index in [1.54, 1.807) is 45.7 Å². The number of halogens is 1. The minimum absolute atomic E-state index is 0.166. The van der Waals surface area contributed by atoms with Crippen LogP contribution in [0.2, 0.25) is 0 Å². The molecule has 0 radical (unpaired) electrons. The van der Waals surface area contributed by atoms with Gasteiger partial charge in [-0.3, -0.25) is 14.0 Å². The Kier molecular flexibility index (Phi) is 4.89. The van der Waals surface area contributed by atoms with Crippen molar-refractivity contribution in [1.29, 1.82) is 0 Å². The summed E-state index contributed by atoms with van der Waals surface area (Å²) in [5.74, 6) is -0.489. The number of aromatic nitrogens is 4. The SMILES string of the molecule is CSc1ncc(C(=O)N(C)Cc2cnn(C)c2)n1-c1ccc(F)cc1. The Hall–Kier alpha value is -2.61. The molecule has 0 aliphatic carbocycles. The van der Waals surface area contributed by atoms with Crippen molar-refractivity contribution in [3.8, 4) is 5.69 Å². The van der Waals surface area contributed by atoms with E-state index in [-0.39, 0.29) is 11.7 Å². The molecule has 0 saturated carbocycles. The predicted octanol–water partition coefficient (Wildman–Crippen LogP) is 2.74. The Bertz CT molecular complexity index is 887. The normalized spacial score (nSPS) is 10.9. The van der Waals surface area contributed by atoms with E-state index in [9.17, 15) is 9.18 Å². The van der Waals surface area contributed by atoms with Gasteiger partial charge in [0.1, 0.15) is 11.5 Å². The fourth-order valence-electron chi connectivity index (χ4n) is 2.56. The standard InChI is InChI=1S/C17H18FN5OS/c1-21(10-12-8-20-22(2)11-12)16(24)15-9-19-17(25-3)23(15)14-6-4-13(18)5-7-14/h4-9,11H,10H2,1-3H3. The van der Waals surface area contributed by atoms with E-state index >= 15 is 0 Å². The van der Waals surface area contributed by atoms with Crippen LogP contribution in [-0.4, -0.2) is 43.4 Å². The number of hydrogen-bond acceptors (Lipinski definition) is 4. The van der Waals surface area contributed by atoms with Crippen LogP contribution >= 0.6 is 11.8 Å². The van der Waals surface area contributed by atoms with E-state index in [0.29, 0.717) is 23.1 Å². The van der Waals surface area contributed by atoms with Crippen LogP contribution in [0.3, 0.4) is 0 Å². The molecule has 1 amide bonds. The van der Waals surface area contributed by atoms with Crippen LogP contribution in [-0.2, 0) is 13.6 Å². The summed E-state index contributed by atoms with van der Waals surface area (Å²) in [6.45, 7) is 0.440. The highest BCUT2D eigenvalue weighted by Crippen LogP contribution is 2.23. The molecular weight excluding hydrogens is 341 g/mol. The third kappa shape index (κ3) is 3.58. The lowest BCUT2D eigenvalue weighted by Gasteiger charge is -2.18. The zero-order valence-corrected chi connectivity index (χ0v) is 15.0. The van der Waals surface area contributed by atoms with Gasteiger partial charge < -0.3 is 4.90 Å². The molecule has 0 aliphatic rings. The van der Waals surface area contributed by atoms with Gasteiger partial charge in [-0.05, 0) is 30.5 Å². The number of carbonyl (C=O) groups is 1. The van der Waals surface area contributed by atoms with Crippen LogP contribution in [0.25, 0.3) is 5.69 Å². The number of imidazole rings is 1. The van der Waals surface area contributed by atoms with Crippen molar-refractivity contribution in [1.82, 2.24) is 24.2 Å². The summed E-state index contributed by atoms with van der Waals surface area (Å²) < 4.78 is 16.7. The summed E-state index contributed by atoms with van der Waals surface area (Å²) in [5, 5.41) is 4.79. The number of carbonyl (C=O) groups excluding carboxylic acids is 1. The Morgan fingerprint density at radius 1 is 1.28 bits per heavy atom. The number of hydrogen-bond donors (Lipinski definition) is 0. The number of benzene rings is 1. The molecule has 0 bridgehead atoms. The van der Waals surface area contributed by atoms with Crippen molar-refractivity contribution in [3.63, 3.8) is 0 Å². The van der Waals surface area contributed by atoms with Gasteiger partial charge in [0, 0.05) is 38.1 Å². The molecule has 6 nitrogen and oxygen atoms in total. The highest BCUT2D eigenvalue weighted by molar-refractivity contribution is 7.98. The third-order valence-corrected chi connectivity index (χ3v) is 4.39. The van der Waals surface area contributed by atoms with Crippen LogP contribution < -0.4 is 0 Å². The maximum atomic E-state index is 13.2. The highest BCUT2D eigenvalue weighted by Gasteiger charge is 2.21. The zero-order chi connectivity index (χ0) is 18.0. The van der Waals surface area contributed by atoms with Gasteiger partial charge in [0.2, 0.25) is 0 Å². The van der Waals surface area contributed by atoms with E-state index in [1.165, 1.54) is 23.9 Å². The second kappa shape index (κ2) is 7.10. The number of thioether (sulfide) groups is 1. The average molecular weight is 359 g/mol. The Labute approximate surface area is 149 Å². The fourth-order valence-corrected chi connectivity index (χ4v) is 3.11. The molecule has 0 atom stereocenters. The number of aryl methyl sites for hydroxylation is 1. The summed E-state index contributed by atoms with van der Waals surface area (Å²) in [4.78, 5) is 18.8. The molecule has 0 unspecified atom stereocenters.